The maximum absolute atomic E-state index is 13.2. The molecule has 0 atom stereocenters. The van der Waals surface area contributed by atoms with Crippen LogP contribution in [-0.4, -0.2) is 36.9 Å². The number of rotatable bonds is 5. The Labute approximate surface area is 126 Å². The second kappa shape index (κ2) is 7.38. The largest absolute Gasteiger partial charge is 0.354 e. The van der Waals surface area contributed by atoms with Gasteiger partial charge in [-0.05, 0) is 40.0 Å². The highest BCUT2D eigenvalue weighted by Crippen LogP contribution is 2.19. The molecule has 1 aromatic carbocycles. The van der Waals surface area contributed by atoms with E-state index in [9.17, 15) is 14.0 Å². The molecule has 4 nitrogen and oxygen atoms in total. The number of carbonyl (C=O) groups is 2. The van der Waals surface area contributed by atoms with Crippen molar-refractivity contribution >= 4 is 27.7 Å². The van der Waals surface area contributed by atoms with Crippen LogP contribution in [0.25, 0.3) is 0 Å². The van der Waals surface area contributed by atoms with E-state index in [0.717, 1.165) is 6.07 Å². The average molecular weight is 345 g/mol. The van der Waals surface area contributed by atoms with Crippen molar-refractivity contribution in [3.8, 4) is 0 Å². The van der Waals surface area contributed by atoms with Crippen molar-refractivity contribution in [3.05, 3.63) is 34.1 Å². The molecule has 20 heavy (non-hydrogen) atoms. The van der Waals surface area contributed by atoms with Gasteiger partial charge in [0.05, 0.1) is 12.1 Å². The summed E-state index contributed by atoms with van der Waals surface area (Å²) in [6, 6.07) is 3.88. The summed E-state index contributed by atoms with van der Waals surface area (Å²) in [5.41, 5.74) is 0.198. The predicted octanol–water partition coefficient (Wildman–Crippen LogP) is 2.43. The lowest BCUT2D eigenvalue weighted by molar-refractivity contribution is -0.121. The Kier molecular flexibility index (Phi) is 6.13. The maximum atomic E-state index is 13.2. The Balaban J connectivity index is 2.67. The fourth-order valence-electron chi connectivity index (χ4n) is 1.53. The fourth-order valence-corrected chi connectivity index (χ4v) is 1.94. The third-order valence-electron chi connectivity index (χ3n) is 2.59. The molecule has 0 spiro atoms. The van der Waals surface area contributed by atoms with Crippen molar-refractivity contribution in [3.63, 3.8) is 0 Å². The zero-order valence-corrected chi connectivity index (χ0v) is 13.3. The van der Waals surface area contributed by atoms with Gasteiger partial charge in [0.15, 0.2) is 0 Å². The van der Waals surface area contributed by atoms with Gasteiger partial charge in [-0.2, -0.15) is 0 Å². The first-order valence-electron chi connectivity index (χ1n) is 6.28. The van der Waals surface area contributed by atoms with Crippen LogP contribution in [0.4, 0.5) is 4.39 Å². The quantitative estimate of drug-likeness (QED) is 0.891. The minimum absolute atomic E-state index is 0.0610. The van der Waals surface area contributed by atoms with Gasteiger partial charge in [-0.15, -0.1) is 0 Å². The Morgan fingerprint density at radius 2 is 2.05 bits per heavy atom. The zero-order chi connectivity index (χ0) is 15.3. The standard InChI is InChI=1S/C14H18BrFN2O2/c1-9(2)7-17-13(19)8-18(3)14(20)11-6-10(16)4-5-12(11)15/h4-6,9H,7-8H2,1-3H3,(H,17,19). The molecule has 0 fully saturated rings. The van der Waals surface area contributed by atoms with Crippen LogP contribution in [0.5, 0.6) is 0 Å². The molecular weight excluding hydrogens is 327 g/mol. The van der Waals surface area contributed by atoms with Crippen molar-refractivity contribution in [2.24, 2.45) is 5.92 Å². The Bertz CT molecular complexity index is 506. The monoisotopic (exact) mass is 344 g/mol. The van der Waals surface area contributed by atoms with Crippen LogP contribution < -0.4 is 5.32 Å². The van der Waals surface area contributed by atoms with Gasteiger partial charge in [0, 0.05) is 18.1 Å². The van der Waals surface area contributed by atoms with E-state index in [2.05, 4.69) is 21.2 Å². The summed E-state index contributed by atoms with van der Waals surface area (Å²) in [6.07, 6.45) is 0. The van der Waals surface area contributed by atoms with Gasteiger partial charge in [-0.25, -0.2) is 4.39 Å². The van der Waals surface area contributed by atoms with E-state index < -0.39 is 11.7 Å². The molecule has 0 radical (unpaired) electrons. The van der Waals surface area contributed by atoms with Gasteiger partial charge in [0.1, 0.15) is 5.82 Å². The van der Waals surface area contributed by atoms with Gasteiger partial charge in [-0.1, -0.05) is 13.8 Å². The molecule has 0 aliphatic heterocycles. The Hall–Kier alpha value is -1.43. The summed E-state index contributed by atoms with van der Waals surface area (Å²) in [5.74, 6) is -0.787. The van der Waals surface area contributed by atoms with Crippen LogP contribution in [0.15, 0.2) is 22.7 Å². The molecular formula is C14H18BrFN2O2. The molecule has 2 amide bonds. The SMILES string of the molecule is CC(C)CNC(=O)CN(C)C(=O)c1cc(F)ccc1Br. The second-order valence-electron chi connectivity index (χ2n) is 4.98. The van der Waals surface area contributed by atoms with Gasteiger partial charge in [0.25, 0.3) is 5.91 Å². The van der Waals surface area contributed by atoms with Crippen LogP contribution in [0.3, 0.4) is 0 Å². The highest BCUT2D eigenvalue weighted by Gasteiger charge is 2.18. The summed E-state index contributed by atoms with van der Waals surface area (Å²) in [6.45, 7) is 4.47. The first-order chi connectivity index (χ1) is 9.31. The lowest BCUT2D eigenvalue weighted by Gasteiger charge is -2.18. The van der Waals surface area contributed by atoms with Gasteiger partial charge in [0.2, 0.25) is 5.91 Å². The lowest BCUT2D eigenvalue weighted by atomic mass is 10.2. The smallest absolute Gasteiger partial charge is 0.255 e. The second-order valence-corrected chi connectivity index (χ2v) is 5.84. The highest BCUT2D eigenvalue weighted by molar-refractivity contribution is 9.10. The van der Waals surface area contributed by atoms with Crippen LogP contribution in [0.2, 0.25) is 0 Å². The third-order valence-corrected chi connectivity index (χ3v) is 3.29. The molecule has 1 rings (SSSR count). The maximum Gasteiger partial charge on any atom is 0.255 e. The molecule has 0 saturated carbocycles. The van der Waals surface area contributed by atoms with E-state index in [4.69, 9.17) is 0 Å². The number of likely N-dealkylation sites (N-methyl/N-ethyl adjacent to an activating group) is 1. The van der Waals surface area contributed by atoms with E-state index in [0.29, 0.717) is 16.9 Å². The summed E-state index contributed by atoms with van der Waals surface area (Å²) in [5, 5.41) is 2.73. The summed E-state index contributed by atoms with van der Waals surface area (Å²) in [7, 11) is 1.51. The topological polar surface area (TPSA) is 49.4 Å². The molecule has 0 aliphatic rings. The van der Waals surface area contributed by atoms with E-state index in [1.54, 1.807) is 0 Å². The Morgan fingerprint density at radius 1 is 1.40 bits per heavy atom. The third kappa shape index (κ3) is 4.92. The van der Waals surface area contributed by atoms with Gasteiger partial charge in [-0.3, -0.25) is 9.59 Å². The number of amides is 2. The first kappa shape index (κ1) is 16.6. The molecule has 1 N–H and O–H groups in total. The lowest BCUT2D eigenvalue weighted by Crippen LogP contribution is -2.39. The van der Waals surface area contributed by atoms with Crippen molar-refractivity contribution in [1.82, 2.24) is 10.2 Å². The molecule has 0 bridgehead atoms. The van der Waals surface area contributed by atoms with Gasteiger partial charge < -0.3 is 10.2 Å². The number of benzene rings is 1. The van der Waals surface area contributed by atoms with E-state index in [1.165, 1.54) is 24.1 Å². The van der Waals surface area contributed by atoms with E-state index >= 15 is 0 Å². The molecule has 0 aliphatic carbocycles. The number of hydrogen-bond donors (Lipinski definition) is 1. The average Bonchev–Trinajstić information content (AvgIpc) is 2.38. The van der Waals surface area contributed by atoms with Crippen molar-refractivity contribution in [2.45, 2.75) is 13.8 Å². The van der Waals surface area contributed by atoms with Crippen molar-refractivity contribution in [1.29, 1.82) is 0 Å². The molecule has 0 unspecified atom stereocenters. The molecule has 0 aromatic heterocycles. The minimum Gasteiger partial charge on any atom is -0.354 e. The zero-order valence-electron chi connectivity index (χ0n) is 11.7. The van der Waals surface area contributed by atoms with Crippen molar-refractivity contribution in [2.75, 3.05) is 20.1 Å². The number of nitrogens with one attached hydrogen (secondary N) is 1. The number of nitrogens with zero attached hydrogens (tertiary/aromatic N) is 1. The van der Waals surface area contributed by atoms with Crippen LogP contribution in [0.1, 0.15) is 24.2 Å². The van der Waals surface area contributed by atoms with Gasteiger partial charge >= 0.3 is 0 Å². The minimum atomic E-state index is -0.491. The molecule has 0 saturated heterocycles. The molecule has 110 valence electrons. The van der Waals surface area contributed by atoms with Crippen molar-refractivity contribution < 1.29 is 14.0 Å². The number of halogens is 2. The summed E-state index contributed by atoms with van der Waals surface area (Å²) >= 11 is 3.20. The molecule has 6 heteroatoms. The van der Waals surface area contributed by atoms with Crippen LogP contribution >= 0.6 is 15.9 Å². The molecule has 0 heterocycles. The highest BCUT2D eigenvalue weighted by atomic mass is 79.9. The Morgan fingerprint density at radius 3 is 2.65 bits per heavy atom. The van der Waals surface area contributed by atoms with Crippen LogP contribution in [-0.2, 0) is 4.79 Å². The number of hydrogen-bond acceptors (Lipinski definition) is 2. The van der Waals surface area contributed by atoms with E-state index in [-0.39, 0.29) is 18.0 Å². The normalized spacial score (nSPS) is 10.5. The molecule has 1 aromatic rings. The van der Waals surface area contributed by atoms with E-state index in [1.807, 2.05) is 13.8 Å². The van der Waals surface area contributed by atoms with Crippen LogP contribution in [0, 0.1) is 11.7 Å². The summed E-state index contributed by atoms with van der Waals surface area (Å²) < 4.78 is 13.7. The summed E-state index contributed by atoms with van der Waals surface area (Å²) in [4.78, 5) is 25.1. The first-order valence-corrected chi connectivity index (χ1v) is 7.07. The predicted molar refractivity (Wildman–Crippen MR) is 78.9 cm³/mol. The number of carbonyl (C=O) groups excluding carboxylic acids is 2. The fraction of sp³-hybridized carbons (Fsp3) is 0.429.